The van der Waals surface area contributed by atoms with Crippen LogP contribution in [0.15, 0.2) is 12.5 Å². The van der Waals surface area contributed by atoms with Crippen LogP contribution >= 0.6 is 0 Å². The summed E-state index contributed by atoms with van der Waals surface area (Å²) in [5, 5.41) is 0. The summed E-state index contributed by atoms with van der Waals surface area (Å²) < 4.78 is 7.26. The van der Waals surface area contributed by atoms with Crippen molar-refractivity contribution in [1.82, 2.24) is 14.5 Å². The Kier molecular flexibility index (Phi) is 6.82. The molecule has 6 nitrogen and oxygen atoms in total. The molecule has 0 radical (unpaired) electrons. The van der Waals surface area contributed by atoms with Gasteiger partial charge in [0.25, 0.3) is 0 Å². The lowest BCUT2D eigenvalue weighted by Crippen LogP contribution is -2.34. The minimum atomic E-state index is -0.484. The van der Waals surface area contributed by atoms with Crippen molar-refractivity contribution < 1.29 is 14.3 Å². The zero-order chi connectivity index (χ0) is 17.5. The molecule has 0 aromatic carbocycles. The molecule has 2 heterocycles. The number of unbranched alkanes of at least 4 members (excludes halogenated alkanes) is 3. The van der Waals surface area contributed by atoms with Crippen molar-refractivity contribution in [2.45, 2.75) is 52.4 Å². The highest BCUT2D eigenvalue weighted by Crippen LogP contribution is 2.30. The minimum absolute atomic E-state index is 0.0942. The normalized spacial score (nSPS) is 20.6. The Morgan fingerprint density at radius 3 is 2.75 bits per heavy atom. The van der Waals surface area contributed by atoms with Gasteiger partial charge in [-0.3, -0.25) is 4.79 Å². The maximum Gasteiger partial charge on any atom is 0.416 e. The molecule has 1 aromatic rings. The van der Waals surface area contributed by atoms with Crippen LogP contribution in [0.1, 0.15) is 51.6 Å². The van der Waals surface area contributed by atoms with Crippen molar-refractivity contribution in [3.8, 4) is 0 Å². The summed E-state index contributed by atoms with van der Waals surface area (Å²) >= 11 is 0. The van der Waals surface area contributed by atoms with E-state index in [0.29, 0.717) is 13.2 Å². The lowest BCUT2D eigenvalue weighted by Gasteiger charge is -2.15. The molecule has 24 heavy (non-hydrogen) atoms. The number of carbonyl (C=O) groups excluding carboxylic acids is 2. The average molecular weight is 335 g/mol. The summed E-state index contributed by atoms with van der Waals surface area (Å²) in [5.74, 6) is -0.0821. The van der Waals surface area contributed by atoms with Crippen molar-refractivity contribution in [2.24, 2.45) is 18.9 Å². The molecule has 1 saturated heterocycles. The second-order valence-electron chi connectivity index (χ2n) is 6.60. The van der Waals surface area contributed by atoms with Gasteiger partial charge in [0.1, 0.15) is 0 Å². The molecule has 0 spiro atoms. The van der Waals surface area contributed by atoms with Gasteiger partial charge in [0.15, 0.2) is 0 Å². The molecule has 1 aliphatic heterocycles. The molecule has 2 atom stereocenters. The zero-order valence-electron chi connectivity index (χ0n) is 15.0. The van der Waals surface area contributed by atoms with E-state index in [2.05, 4.69) is 11.9 Å². The number of hydrogen-bond acceptors (Lipinski definition) is 4. The van der Waals surface area contributed by atoms with E-state index in [9.17, 15) is 9.59 Å². The SMILES string of the molecule is CCCCCCOC(=O)N1C[C@H](Cc2cncn2C)[C@@H](CC)C1=O. The number of aryl methyl sites for hydroxylation is 1. The minimum Gasteiger partial charge on any atom is -0.449 e. The highest BCUT2D eigenvalue weighted by molar-refractivity contribution is 5.95. The Bertz CT molecular complexity index is 555. The molecule has 0 N–H and O–H groups in total. The first-order valence-electron chi connectivity index (χ1n) is 9.01. The Balaban J connectivity index is 1.91. The first-order valence-corrected chi connectivity index (χ1v) is 9.01. The van der Waals surface area contributed by atoms with Gasteiger partial charge in [-0.05, 0) is 25.2 Å². The number of hydrogen-bond donors (Lipinski definition) is 0. The van der Waals surface area contributed by atoms with Crippen molar-refractivity contribution in [2.75, 3.05) is 13.2 Å². The Hall–Kier alpha value is -1.85. The molecule has 0 bridgehead atoms. The van der Waals surface area contributed by atoms with Crippen LogP contribution in [0, 0.1) is 11.8 Å². The lowest BCUT2D eigenvalue weighted by atomic mass is 9.89. The van der Waals surface area contributed by atoms with Crippen LogP contribution in [-0.4, -0.2) is 39.6 Å². The number of rotatable bonds is 8. The van der Waals surface area contributed by atoms with Crippen LogP contribution in [-0.2, 0) is 23.0 Å². The molecule has 2 rings (SSSR count). The monoisotopic (exact) mass is 335 g/mol. The summed E-state index contributed by atoms with van der Waals surface area (Å²) in [6.45, 7) is 4.97. The van der Waals surface area contributed by atoms with Gasteiger partial charge >= 0.3 is 6.09 Å². The van der Waals surface area contributed by atoms with Crippen LogP contribution < -0.4 is 0 Å². The molecule has 134 valence electrons. The van der Waals surface area contributed by atoms with Crippen molar-refractivity contribution in [1.29, 1.82) is 0 Å². The molecule has 1 aliphatic rings. The second kappa shape index (κ2) is 8.85. The van der Waals surface area contributed by atoms with E-state index in [0.717, 1.165) is 44.2 Å². The fourth-order valence-electron chi connectivity index (χ4n) is 3.35. The summed E-state index contributed by atoms with van der Waals surface area (Å²) in [6, 6.07) is 0. The topological polar surface area (TPSA) is 64.4 Å². The Morgan fingerprint density at radius 1 is 1.33 bits per heavy atom. The largest absolute Gasteiger partial charge is 0.449 e. The standard InChI is InChI=1S/C18H29N3O3/c1-4-6-7-8-9-24-18(23)21-12-14(16(5-2)17(21)22)10-15-11-19-13-20(15)3/h11,13-14,16H,4-10,12H2,1-3H3/t14-,16+/m0/s1. The molecule has 0 aliphatic carbocycles. The lowest BCUT2D eigenvalue weighted by molar-refractivity contribution is -0.129. The molecule has 2 amide bonds. The Labute approximate surface area is 144 Å². The third kappa shape index (κ3) is 4.36. The highest BCUT2D eigenvalue weighted by atomic mass is 16.6. The van der Waals surface area contributed by atoms with Gasteiger partial charge in [0.2, 0.25) is 5.91 Å². The predicted octanol–water partition coefficient (Wildman–Crippen LogP) is 3.16. The number of ether oxygens (including phenoxy) is 1. The smallest absolute Gasteiger partial charge is 0.416 e. The fraction of sp³-hybridized carbons (Fsp3) is 0.722. The number of imidazole rings is 1. The van der Waals surface area contributed by atoms with E-state index < -0.39 is 6.09 Å². The first kappa shape index (κ1) is 18.5. The average Bonchev–Trinajstić information content (AvgIpc) is 3.11. The summed E-state index contributed by atoms with van der Waals surface area (Å²) in [4.78, 5) is 30.2. The summed E-state index contributed by atoms with van der Waals surface area (Å²) in [7, 11) is 1.95. The van der Waals surface area contributed by atoms with Crippen LogP contribution in [0.3, 0.4) is 0 Å². The van der Waals surface area contributed by atoms with Gasteiger partial charge < -0.3 is 9.30 Å². The van der Waals surface area contributed by atoms with Gasteiger partial charge in [-0.1, -0.05) is 33.1 Å². The second-order valence-corrected chi connectivity index (χ2v) is 6.60. The number of amides is 2. The Morgan fingerprint density at radius 2 is 2.12 bits per heavy atom. The van der Waals surface area contributed by atoms with Gasteiger partial charge in [-0.15, -0.1) is 0 Å². The molecular weight excluding hydrogens is 306 g/mol. The maximum absolute atomic E-state index is 12.5. The van der Waals surface area contributed by atoms with Crippen LogP contribution in [0.4, 0.5) is 4.79 Å². The number of aromatic nitrogens is 2. The van der Waals surface area contributed by atoms with E-state index in [1.807, 2.05) is 24.7 Å². The van der Waals surface area contributed by atoms with E-state index in [-0.39, 0.29) is 17.7 Å². The third-order valence-corrected chi connectivity index (χ3v) is 4.84. The van der Waals surface area contributed by atoms with Crippen LogP contribution in [0.5, 0.6) is 0 Å². The van der Waals surface area contributed by atoms with Gasteiger partial charge in [0, 0.05) is 31.4 Å². The molecule has 0 unspecified atom stereocenters. The van der Waals surface area contributed by atoms with Crippen LogP contribution in [0.25, 0.3) is 0 Å². The third-order valence-electron chi connectivity index (χ3n) is 4.84. The summed E-state index contributed by atoms with van der Waals surface area (Å²) in [6.07, 6.45) is 8.79. The highest BCUT2D eigenvalue weighted by Gasteiger charge is 2.42. The van der Waals surface area contributed by atoms with Gasteiger partial charge in [-0.2, -0.15) is 0 Å². The molecule has 1 fully saturated rings. The van der Waals surface area contributed by atoms with Gasteiger partial charge in [0.05, 0.1) is 12.9 Å². The maximum atomic E-state index is 12.5. The van der Waals surface area contributed by atoms with E-state index in [1.54, 1.807) is 6.33 Å². The van der Waals surface area contributed by atoms with E-state index in [4.69, 9.17) is 4.74 Å². The van der Waals surface area contributed by atoms with Crippen LogP contribution in [0.2, 0.25) is 0 Å². The van der Waals surface area contributed by atoms with Crippen molar-refractivity contribution in [3.63, 3.8) is 0 Å². The number of likely N-dealkylation sites (tertiary alicyclic amines) is 1. The molecule has 0 saturated carbocycles. The van der Waals surface area contributed by atoms with E-state index in [1.165, 1.54) is 4.90 Å². The van der Waals surface area contributed by atoms with Crippen molar-refractivity contribution in [3.05, 3.63) is 18.2 Å². The van der Waals surface area contributed by atoms with E-state index >= 15 is 0 Å². The summed E-state index contributed by atoms with van der Waals surface area (Å²) in [5.41, 5.74) is 1.08. The fourth-order valence-corrected chi connectivity index (χ4v) is 3.35. The number of nitrogens with zero attached hydrogens (tertiary/aromatic N) is 3. The number of imide groups is 1. The van der Waals surface area contributed by atoms with Gasteiger partial charge in [-0.25, -0.2) is 14.7 Å². The first-order chi connectivity index (χ1) is 11.6. The van der Waals surface area contributed by atoms with Crippen molar-refractivity contribution >= 4 is 12.0 Å². The zero-order valence-corrected chi connectivity index (χ0v) is 15.0. The molecular formula is C18H29N3O3. The molecule has 6 heteroatoms. The number of carbonyl (C=O) groups is 2. The predicted molar refractivity (Wildman–Crippen MR) is 91.4 cm³/mol. The molecule has 1 aromatic heterocycles. The quantitative estimate of drug-likeness (QED) is 0.685.